The van der Waals surface area contributed by atoms with Crippen molar-refractivity contribution in [1.82, 2.24) is 0 Å². The average Bonchev–Trinajstić information content (AvgIpc) is 1.73. The van der Waals surface area contributed by atoms with E-state index in [1.807, 2.05) is 0 Å². The molecule has 0 saturated heterocycles. The molecule has 0 fully saturated rings. The van der Waals surface area contributed by atoms with Gasteiger partial charge < -0.3 is 9.64 Å². The first-order valence-electron chi connectivity index (χ1n) is 30.6. The molecule has 3 aliphatic carbocycles. The molecular formula is C82H73NO. The maximum atomic E-state index is 6.67. The van der Waals surface area contributed by atoms with Gasteiger partial charge in [0, 0.05) is 22.5 Å². The van der Waals surface area contributed by atoms with Crippen LogP contribution in [0.15, 0.2) is 255 Å². The number of benzene rings is 11. The first-order valence-corrected chi connectivity index (χ1v) is 30.6. The molecule has 412 valence electrons. The van der Waals surface area contributed by atoms with Gasteiger partial charge in [0.2, 0.25) is 0 Å². The number of anilines is 3. The minimum atomic E-state index is -0.629. The number of aryl methyl sites for hydroxylation is 2. The van der Waals surface area contributed by atoms with E-state index in [4.69, 9.17) is 4.74 Å². The van der Waals surface area contributed by atoms with E-state index in [1.54, 1.807) is 0 Å². The summed E-state index contributed by atoms with van der Waals surface area (Å²) in [5, 5.41) is 0. The first kappa shape index (κ1) is 53.1. The fraction of sp³-hybridized carbons (Fsp3) is 0.195. The Morgan fingerprint density at radius 1 is 0.417 bits per heavy atom. The lowest BCUT2D eigenvalue weighted by molar-refractivity contribution is 0.306. The smallest absolute Gasteiger partial charge is 0.119 e. The summed E-state index contributed by atoms with van der Waals surface area (Å²) < 4.78 is 6.67. The summed E-state index contributed by atoms with van der Waals surface area (Å²) in [5.41, 5.74) is 28.8. The molecule has 0 radical (unpaired) electrons. The lowest BCUT2D eigenvalue weighted by Crippen LogP contribution is -2.29. The van der Waals surface area contributed by atoms with E-state index in [0.29, 0.717) is 24.4 Å². The molecule has 84 heavy (non-hydrogen) atoms. The molecule has 0 spiro atoms. The quantitative estimate of drug-likeness (QED) is 0.0956. The van der Waals surface area contributed by atoms with Gasteiger partial charge in [0.15, 0.2) is 0 Å². The van der Waals surface area contributed by atoms with Crippen molar-refractivity contribution < 1.29 is 4.74 Å². The molecule has 14 rings (SSSR count). The van der Waals surface area contributed by atoms with Crippen LogP contribution >= 0.6 is 0 Å². The van der Waals surface area contributed by atoms with E-state index in [9.17, 15) is 0 Å². The van der Waals surface area contributed by atoms with Crippen molar-refractivity contribution in [3.63, 3.8) is 0 Å². The number of hydrogen-bond acceptors (Lipinski definition) is 2. The Kier molecular flexibility index (Phi) is 13.7. The standard InChI is InChI=1S/C82H73NO/c1-7-57(61-25-27-63(28-26-61)65-31-29-64-30-32-66(64)50-65)49-55(4)59-23-21-56(22-24-59)53-84-72-45-39-68(40-46-72)82(67-37-33-58(34-38-67)54(2)3)78-20-14-12-18-74(78)76-48-44-71(52-80(76)82)83(69-41-35-62(36-42-69)60-15-9-8-10-16-60)70-43-47-75-73-17-11-13-19-77(73)81(5,6)79(75)51-70/h8-29,31,33-48,50-52,54-55,57H,7,30,32,49,53H2,1-6H3. The fourth-order valence-electron chi connectivity index (χ4n) is 14.4. The van der Waals surface area contributed by atoms with Crippen LogP contribution in [0.25, 0.3) is 44.5 Å². The van der Waals surface area contributed by atoms with Crippen molar-refractivity contribution in [2.75, 3.05) is 4.90 Å². The highest BCUT2D eigenvalue weighted by Gasteiger charge is 2.47. The summed E-state index contributed by atoms with van der Waals surface area (Å²) in [6.07, 6.45) is 4.67. The molecule has 11 aromatic carbocycles. The zero-order chi connectivity index (χ0) is 57.1. The maximum absolute atomic E-state index is 6.67. The molecule has 2 heteroatoms. The van der Waals surface area contributed by atoms with Crippen LogP contribution in [-0.2, 0) is 30.3 Å². The SMILES string of the molecule is CCC(CC(C)c1ccc(COc2ccc(C3(c4ccc(C(C)C)cc4)c4ccccc4-c4ccc(N(c5ccc(-c6ccccc6)cc5)c5ccc6c(c5)C(C)(C)c5ccccc5-6)cc43)cc2)cc1)c1ccc(-c2ccc3c(c2)CC3)cc1. The maximum Gasteiger partial charge on any atom is 0.119 e. The number of ether oxygens (including phenoxy) is 1. The van der Waals surface area contributed by atoms with E-state index >= 15 is 0 Å². The van der Waals surface area contributed by atoms with Crippen molar-refractivity contribution in [2.45, 2.75) is 102 Å². The van der Waals surface area contributed by atoms with Crippen molar-refractivity contribution in [3.8, 4) is 50.3 Å². The summed E-state index contributed by atoms with van der Waals surface area (Å²) in [5.74, 6) is 2.20. The van der Waals surface area contributed by atoms with Crippen LogP contribution in [-0.4, -0.2) is 0 Å². The third-order valence-electron chi connectivity index (χ3n) is 19.3. The molecule has 3 unspecified atom stereocenters. The van der Waals surface area contributed by atoms with Crippen LogP contribution < -0.4 is 9.64 Å². The molecule has 0 amide bonds. The Hall–Kier alpha value is -8.98. The van der Waals surface area contributed by atoms with Crippen LogP contribution in [0, 0.1) is 0 Å². The summed E-state index contributed by atoms with van der Waals surface area (Å²) in [4.78, 5) is 2.48. The highest BCUT2D eigenvalue weighted by atomic mass is 16.5. The molecule has 2 nitrogen and oxygen atoms in total. The Morgan fingerprint density at radius 2 is 0.929 bits per heavy atom. The van der Waals surface area contributed by atoms with Gasteiger partial charge in [-0.25, -0.2) is 0 Å². The largest absolute Gasteiger partial charge is 0.489 e. The predicted molar refractivity (Wildman–Crippen MR) is 352 cm³/mol. The number of hydrogen-bond donors (Lipinski definition) is 0. The highest BCUT2D eigenvalue weighted by Crippen LogP contribution is 2.58. The summed E-state index contributed by atoms with van der Waals surface area (Å²) >= 11 is 0. The van der Waals surface area contributed by atoms with Gasteiger partial charge in [-0.15, -0.1) is 0 Å². The first-order chi connectivity index (χ1) is 41.0. The lowest BCUT2D eigenvalue weighted by Gasteiger charge is -2.35. The van der Waals surface area contributed by atoms with Crippen molar-refractivity contribution in [3.05, 3.63) is 322 Å². The third kappa shape index (κ3) is 9.28. The molecule has 0 aromatic heterocycles. The second-order valence-electron chi connectivity index (χ2n) is 24.9. The zero-order valence-electron chi connectivity index (χ0n) is 49.4. The lowest BCUT2D eigenvalue weighted by atomic mass is 9.67. The van der Waals surface area contributed by atoms with Gasteiger partial charge in [0.05, 0.1) is 5.41 Å². The van der Waals surface area contributed by atoms with Crippen LogP contribution in [0.1, 0.15) is 139 Å². The number of rotatable bonds is 16. The number of fused-ring (bicyclic) bond motifs is 7. The van der Waals surface area contributed by atoms with E-state index in [-0.39, 0.29) is 5.41 Å². The van der Waals surface area contributed by atoms with Gasteiger partial charge >= 0.3 is 0 Å². The number of nitrogens with zero attached hydrogens (tertiary/aromatic N) is 1. The molecule has 0 heterocycles. The van der Waals surface area contributed by atoms with Crippen molar-refractivity contribution >= 4 is 17.1 Å². The van der Waals surface area contributed by atoms with E-state index < -0.39 is 5.41 Å². The summed E-state index contributed by atoms with van der Waals surface area (Å²) in [6.45, 7) is 14.5. The molecule has 0 N–H and O–H groups in total. The van der Waals surface area contributed by atoms with E-state index in [2.05, 4.69) is 301 Å². The third-order valence-corrected chi connectivity index (χ3v) is 19.3. The van der Waals surface area contributed by atoms with Gasteiger partial charge in [-0.2, -0.15) is 0 Å². The van der Waals surface area contributed by atoms with Gasteiger partial charge in [-0.1, -0.05) is 248 Å². The Labute approximate surface area is 498 Å². The minimum Gasteiger partial charge on any atom is -0.489 e. The Morgan fingerprint density at radius 3 is 1.57 bits per heavy atom. The summed E-state index contributed by atoms with van der Waals surface area (Å²) in [6, 6.07) is 96.2. The molecule has 11 aromatic rings. The second-order valence-corrected chi connectivity index (χ2v) is 24.9. The molecule has 3 atom stereocenters. The topological polar surface area (TPSA) is 12.5 Å². The molecule has 0 saturated carbocycles. The van der Waals surface area contributed by atoms with Crippen LogP contribution in [0.5, 0.6) is 5.75 Å². The van der Waals surface area contributed by atoms with Crippen LogP contribution in [0.3, 0.4) is 0 Å². The Balaban J connectivity index is 0.782. The van der Waals surface area contributed by atoms with Crippen molar-refractivity contribution in [1.29, 1.82) is 0 Å². The zero-order valence-corrected chi connectivity index (χ0v) is 49.4. The van der Waals surface area contributed by atoms with E-state index in [1.165, 1.54) is 119 Å². The van der Waals surface area contributed by atoms with Crippen LogP contribution in [0.2, 0.25) is 0 Å². The second kappa shape index (κ2) is 21.6. The minimum absolute atomic E-state index is 0.155. The van der Waals surface area contributed by atoms with Gasteiger partial charge in [0.1, 0.15) is 12.4 Å². The van der Waals surface area contributed by atoms with Crippen molar-refractivity contribution in [2.24, 2.45) is 0 Å². The Bertz CT molecular complexity index is 4190. The van der Waals surface area contributed by atoms with E-state index in [0.717, 1.165) is 41.2 Å². The monoisotopic (exact) mass is 1090 g/mol. The molecule has 3 aliphatic rings. The summed E-state index contributed by atoms with van der Waals surface area (Å²) in [7, 11) is 0. The van der Waals surface area contributed by atoms with Crippen LogP contribution in [0.4, 0.5) is 17.1 Å². The average molecular weight is 1090 g/mol. The normalized spacial score (nSPS) is 15.7. The van der Waals surface area contributed by atoms with Gasteiger partial charge in [-0.05, 0) is 203 Å². The molecule has 0 aliphatic heterocycles. The molecule has 0 bridgehead atoms. The predicted octanol–water partition coefficient (Wildman–Crippen LogP) is 21.6. The van der Waals surface area contributed by atoms with Gasteiger partial charge in [0.25, 0.3) is 0 Å². The fourth-order valence-corrected chi connectivity index (χ4v) is 14.4. The van der Waals surface area contributed by atoms with Gasteiger partial charge in [-0.3, -0.25) is 0 Å². The molecular weight excluding hydrogens is 1010 g/mol. The highest BCUT2D eigenvalue weighted by molar-refractivity contribution is 5.91.